The van der Waals surface area contributed by atoms with Crippen LogP contribution in [-0.4, -0.2) is 41.8 Å². The number of nitrogens with zero attached hydrogens (tertiary/aromatic N) is 1. The van der Waals surface area contributed by atoms with Crippen molar-refractivity contribution in [1.82, 2.24) is 0 Å². The first-order valence-electron chi connectivity index (χ1n) is 16.5. The van der Waals surface area contributed by atoms with Crippen molar-refractivity contribution in [2.45, 2.75) is 76.0 Å². The van der Waals surface area contributed by atoms with Gasteiger partial charge < -0.3 is 16.2 Å². The maximum absolute atomic E-state index is 12.5. The second-order valence-electron chi connectivity index (χ2n) is 12.6. The summed E-state index contributed by atoms with van der Waals surface area (Å²) in [5.74, 6) is -1.62. The zero-order valence-electron chi connectivity index (χ0n) is 30.4. The van der Waals surface area contributed by atoms with E-state index in [1.54, 1.807) is 12.1 Å². The van der Waals surface area contributed by atoms with Gasteiger partial charge in [0.2, 0.25) is 20.0 Å². The number of hydrogen-bond donors (Lipinski definition) is 4. The van der Waals surface area contributed by atoms with Crippen LogP contribution < -0.4 is 21.7 Å². The zero-order chi connectivity index (χ0) is 39.1. The van der Waals surface area contributed by atoms with E-state index in [0.717, 1.165) is 35.1 Å². The standard InChI is InChI=1S/C19H24N4O3S.C19H23NO4S/c1-4-12(3)14-9-15(13-7-5-11(2)6-8-13)17(27(22,25)26)10-16(14)18(24)23-19(20)21;1-5-13(3)15-10-16(14-8-6-12(2)7-9-14)18(25(20,22)23)11-17(15)19(21)24-4/h5-10,12H,4H2,1-3H3,(H2,22,25,26)(H4,20,21,23,24);6-11,13H,5H2,1-4H3,(H2,20,22,23). The number of carbonyl (C=O) groups is 2. The fourth-order valence-corrected chi connectivity index (χ4v) is 7.02. The molecular weight excluding hydrogens is 703 g/mol. The maximum atomic E-state index is 12.5. The van der Waals surface area contributed by atoms with Crippen LogP contribution in [-0.2, 0) is 24.8 Å². The van der Waals surface area contributed by atoms with E-state index in [1.165, 1.54) is 19.2 Å². The second kappa shape index (κ2) is 17.1. The van der Waals surface area contributed by atoms with Crippen LogP contribution in [0.2, 0.25) is 0 Å². The van der Waals surface area contributed by atoms with Crippen LogP contribution >= 0.6 is 0 Å². The summed E-state index contributed by atoms with van der Waals surface area (Å²) < 4.78 is 53.5. The number of methoxy groups -OCH3 is 1. The van der Waals surface area contributed by atoms with Crippen molar-refractivity contribution >= 4 is 37.9 Å². The first-order valence-corrected chi connectivity index (χ1v) is 19.6. The van der Waals surface area contributed by atoms with Crippen LogP contribution in [0.4, 0.5) is 0 Å². The van der Waals surface area contributed by atoms with Crippen molar-refractivity contribution < 1.29 is 31.2 Å². The average molecular weight is 750 g/mol. The Morgan fingerprint density at radius 2 is 1.04 bits per heavy atom. The number of aliphatic imine (C=N–C) groups is 1. The molecule has 0 radical (unpaired) electrons. The fourth-order valence-electron chi connectivity index (χ4n) is 5.49. The number of benzene rings is 4. The minimum atomic E-state index is -4.09. The van der Waals surface area contributed by atoms with Gasteiger partial charge in [0.1, 0.15) is 0 Å². The molecule has 0 aliphatic carbocycles. The number of carbonyl (C=O) groups excluding carboxylic acids is 2. The number of aryl methyl sites for hydroxylation is 2. The highest BCUT2D eigenvalue weighted by Gasteiger charge is 2.26. The summed E-state index contributed by atoms with van der Waals surface area (Å²) in [6.07, 6.45) is 1.54. The molecule has 52 heavy (non-hydrogen) atoms. The van der Waals surface area contributed by atoms with E-state index in [0.29, 0.717) is 22.3 Å². The number of ether oxygens (including phenoxy) is 1. The molecule has 0 bridgehead atoms. The molecule has 2 atom stereocenters. The minimum absolute atomic E-state index is 0.0168. The Morgan fingerprint density at radius 1 is 0.673 bits per heavy atom. The largest absolute Gasteiger partial charge is 0.465 e. The molecule has 12 nitrogen and oxygen atoms in total. The van der Waals surface area contributed by atoms with Gasteiger partial charge in [0.05, 0.1) is 22.5 Å². The van der Waals surface area contributed by atoms with Gasteiger partial charge in [-0.15, -0.1) is 0 Å². The lowest BCUT2D eigenvalue weighted by Crippen LogP contribution is -2.24. The Bertz CT molecular complexity index is 2200. The number of amides is 1. The van der Waals surface area contributed by atoms with Crippen LogP contribution in [0.1, 0.15) is 95.3 Å². The second-order valence-corrected chi connectivity index (χ2v) is 15.7. The number of guanidine groups is 1. The summed E-state index contributed by atoms with van der Waals surface area (Å²) in [5.41, 5.74) is 16.8. The van der Waals surface area contributed by atoms with Crippen LogP contribution in [0.5, 0.6) is 0 Å². The molecule has 4 aromatic carbocycles. The number of hydrogen-bond acceptors (Lipinski definition) is 7. The Hall–Kier alpha value is -4.89. The van der Waals surface area contributed by atoms with Gasteiger partial charge in [-0.05, 0) is 85.0 Å². The number of sulfonamides is 2. The molecule has 0 fully saturated rings. The highest BCUT2D eigenvalue weighted by Crippen LogP contribution is 2.36. The van der Waals surface area contributed by atoms with E-state index in [4.69, 9.17) is 26.5 Å². The molecule has 0 aliphatic rings. The van der Waals surface area contributed by atoms with Gasteiger partial charge in [0, 0.05) is 16.7 Å². The lowest BCUT2D eigenvalue weighted by atomic mass is 9.89. The van der Waals surface area contributed by atoms with Crippen LogP contribution in [0, 0.1) is 13.8 Å². The monoisotopic (exact) mass is 749 g/mol. The van der Waals surface area contributed by atoms with E-state index in [9.17, 15) is 26.4 Å². The number of nitrogens with two attached hydrogens (primary N) is 4. The predicted molar refractivity (Wildman–Crippen MR) is 205 cm³/mol. The Labute approximate surface area is 306 Å². The Kier molecular flexibility index (Phi) is 13.6. The van der Waals surface area contributed by atoms with E-state index in [2.05, 4.69) is 4.99 Å². The van der Waals surface area contributed by atoms with Gasteiger partial charge in [0.15, 0.2) is 5.96 Å². The topological polar surface area (TPSA) is 228 Å². The molecule has 0 spiro atoms. The number of esters is 1. The fraction of sp³-hybridized carbons (Fsp3) is 0.289. The normalized spacial score (nSPS) is 12.6. The van der Waals surface area contributed by atoms with Crippen molar-refractivity contribution in [2.24, 2.45) is 26.7 Å². The maximum Gasteiger partial charge on any atom is 0.338 e. The van der Waals surface area contributed by atoms with Crippen molar-refractivity contribution in [2.75, 3.05) is 7.11 Å². The molecule has 0 saturated heterocycles. The summed E-state index contributed by atoms with van der Waals surface area (Å²) in [6, 6.07) is 20.9. The van der Waals surface area contributed by atoms with Gasteiger partial charge in [-0.3, -0.25) is 4.79 Å². The molecule has 0 saturated carbocycles. The average Bonchev–Trinajstić information content (AvgIpc) is 3.09. The predicted octanol–water partition coefficient (Wildman–Crippen LogP) is 5.85. The Balaban J connectivity index is 0.000000281. The Morgan fingerprint density at radius 3 is 1.37 bits per heavy atom. The van der Waals surface area contributed by atoms with Gasteiger partial charge in [-0.2, -0.15) is 4.99 Å². The lowest BCUT2D eigenvalue weighted by Gasteiger charge is -2.18. The molecule has 0 aliphatic heterocycles. The third-order valence-corrected chi connectivity index (χ3v) is 10.7. The van der Waals surface area contributed by atoms with E-state index < -0.39 is 37.9 Å². The van der Waals surface area contributed by atoms with E-state index in [-0.39, 0.29) is 32.8 Å². The highest BCUT2D eigenvalue weighted by molar-refractivity contribution is 7.89. The zero-order valence-corrected chi connectivity index (χ0v) is 32.1. The molecule has 8 N–H and O–H groups in total. The summed E-state index contributed by atoms with van der Waals surface area (Å²) in [4.78, 5) is 28.0. The molecule has 1 amide bonds. The molecule has 4 rings (SSSR count). The van der Waals surface area contributed by atoms with Crippen molar-refractivity contribution in [3.05, 3.63) is 106 Å². The first-order chi connectivity index (χ1) is 24.2. The number of primary sulfonamides is 2. The van der Waals surface area contributed by atoms with Gasteiger partial charge in [-0.1, -0.05) is 87.4 Å². The number of rotatable bonds is 10. The van der Waals surface area contributed by atoms with Gasteiger partial charge in [-0.25, -0.2) is 31.9 Å². The minimum Gasteiger partial charge on any atom is -0.465 e. The smallest absolute Gasteiger partial charge is 0.338 e. The summed E-state index contributed by atoms with van der Waals surface area (Å²) >= 11 is 0. The molecule has 4 aromatic rings. The summed E-state index contributed by atoms with van der Waals surface area (Å²) in [6.45, 7) is 11.8. The third kappa shape index (κ3) is 10.1. The lowest BCUT2D eigenvalue weighted by molar-refractivity contribution is 0.0598. The molecule has 0 aromatic heterocycles. The van der Waals surface area contributed by atoms with Crippen molar-refractivity contribution in [3.8, 4) is 22.3 Å². The highest BCUT2D eigenvalue weighted by atomic mass is 32.2. The van der Waals surface area contributed by atoms with Gasteiger partial charge in [0.25, 0.3) is 5.91 Å². The molecule has 0 heterocycles. The molecular formula is C38H47N5O7S2. The van der Waals surface area contributed by atoms with Crippen LogP contribution in [0.3, 0.4) is 0 Å². The van der Waals surface area contributed by atoms with Crippen LogP contribution in [0.25, 0.3) is 22.3 Å². The van der Waals surface area contributed by atoms with Gasteiger partial charge >= 0.3 is 5.97 Å². The van der Waals surface area contributed by atoms with Crippen molar-refractivity contribution in [1.29, 1.82) is 0 Å². The SMILES string of the molecule is CCC(C)c1cc(-c2ccc(C)cc2)c(S(N)(=O)=O)cc1C(=O)N=C(N)N.CCC(C)c1cc(-c2ccc(C)cc2)c(S(N)(=O)=O)cc1C(=O)OC. The summed E-state index contributed by atoms with van der Waals surface area (Å²) in [5, 5.41) is 10.8. The quantitative estimate of drug-likeness (QED) is 0.0865. The van der Waals surface area contributed by atoms with Crippen LogP contribution in [0.15, 0.2) is 87.6 Å². The molecule has 2 unspecified atom stereocenters. The molecule has 278 valence electrons. The van der Waals surface area contributed by atoms with E-state index in [1.807, 2.05) is 90.1 Å². The van der Waals surface area contributed by atoms with E-state index >= 15 is 0 Å². The third-order valence-electron chi connectivity index (χ3n) is 8.79. The summed E-state index contributed by atoms with van der Waals surface area (Å²) in [7, 11) is -6.83. The van der Waals surface area contributed by atoms with Crippen molar-refractivity contribution in [3.63, 3.8) is 0 Å². The first kappa shape index (κ1) is 41.5. The molecule has 14 heteroatoms.